The number of benzene rings is 2. The summed E-state index contributed by atoms with van der Waals surface area (Å²) >= 11 is 0. The van der Waals surface area contributed by atoms with E-state index < -0.39 is 0 Å². The number of halogens is 1. The van der Waals surface area contributed by atoms with Gasteiger partial charge in [0.1, 0.15) is 11.6 Å². The molecule has 1 atom stereocenters. The molecule has 1 fully saturated rings. The Bertz CT molecular complexity index is 1400. The molecule has 3 aromatic rings. The van der Waals surface area contributed by atoms with E-state index in [0.717, 1.165) is 46.5 Å². The summed E-state index contributed by atoms with van der Waals surface area (Å²) in [6.45, 7) is 13.2. The minimum Gasteiger partial charge on any atom is -0.495 e. The Morgan fingerprint density at radius 3 is 2.57 bits per heavy atom. The lowest BCUT2D eigenvalue weighted by molar-refractivity contribution is 0.163. The largest absolute Gasteiger partial charge is 0.495 e. The second-order valence-corrected chi connectivity index (χ2v) is 9.75. The van der Waals surface area contributed by atoms with E-state index in [1.165, 1.54) is 12.1 Å². The highest BCUT2D eigenvalue weighted by molar-refractivity contribution is 5.90. The lowest BCUT2D eigenvalue weighted by atomic mass is 9.94. The number of amides is 2. The molecular weight excluding hydrogens is 467 g/mol. The minimum atomic E-state index is -0.333. The van der Waals surface area contributed by atoms with E-state index in [0.29, 0.717) is 23.9 Å². The quantitative estimate of drug-likeness (QED) is 0.349. The maximum absolute atomic E-state index is 13.6. The number of nitrogens with zero attached hydrogens (tertiary/aromatic N) is 4. The van der Waals surface area contributed by atoms with E-state index in [4.69, 9.17) is 4.74 Å². The fourth-order valence-electron chi connectivity index (χ4n) is 4.71. The molecule has 7 heteroatoms. The maximum Gasteiger partial charge on any atom is 0.329 e. The van der Waals surface area contributed by atoms with Crippen molar-refractivity contribution in [3.8, 4) is 11.4 Å². The van der Waals surface area contributed by atoms with Gasteiger partial charge in [-0.15, -0.1) is 0 Å². The average Bonchev–Trinajstić information content (AvgIpc) is 3.62. The van der Waals surface area contributed by atoms with E-state index in [-0.39, 0.29) is 17.9 Å². The molecule has 0 radical (unpaired) electrons. The molecule has 1 aliphatic heterocycles. The molecular formula is C30H31FN4O2. The second-order valence-electron chi connectivity index (χ2n) is 9.75. The maximum atomic E-state index is 13.6. The Balaban J connectivity index is 1.50. The number of ether oxygens (including phenoxy) is 1. The zero-order chi connectivity index (χ0) is 26.3. The summed E-state index contributed by atoms with van der Waals surface area (Å²) in [7, 11) is 1.64. The number of hydrogen-bond donors (Lipinski definition) is 0. The third-order valence-electron chi connectivity index (χ3n) is 7.07. The predicted molar refractivity (Wildman–Crippen MR) is 143 cm³/mol. The van der Waals surface area contributed by atoms with Gasteiger partial charge in [-0.1, -0.05) is 31.4 Å². The molecule has 0 spiro atoms. The standard InChI is InChI=1S/C30H31FN4O2/c1-19-15-34(18-32-19)28-13-10-25(14-29(28)37-5)20(2)27-17-33(16-23-6-7-23)30(36)35(22(27)4)21(3)24-8-11-26(31)12-9-24/h8-15,17-18,21,23H,2,4,6-7,16H2,1,3,5H3. The summed E-state index contributed by atoms with van der Waals surface area (Å²) in [5.41, 5.74) is 5.55. The van der Waals surface area contributed by atoms with Crippen LogP contribution in [0.25, 0.3) is 11.3 Å². The van der Waals surface area contributed by atoms with E-state index in [1.54, 1.807) is 35.4 Å². The molecule has 1 aliphatic carbocycles. The first-order valence-electron chi connectivity index (χ1n) is 12.4. The van der Waals surface area contributed by atoms with Crippen LogP contribution in [0.5, 0.6) is 5.75 Å². The van der Waals surface area contributed by atoms with Gasteiger partial charge < -0.3 is 9.30 Å². The molecule has 190 valence electrons. The molecule has 1 unspecified atom stereocenters. The molecule has 2 amide bonds. The van der Waals surface area contributed by atoms with Crippen LogP contribution in [0.1, 0.15) is 42.6 Å². The van der Waals surface area contributed by atoms with Crippen LogP contribution >= 0.6 is 0 Å². The van der Waals surface area contributed by atoms with Crippen molar-refractivity contribution in [3.63, 3.8) is 0 Å². The van der Waals surface area contributed by atoms with Crippen LogP contribution in [0.4, 0.5) is 9.18 Å². The van der Waals surface area contributed by atoms with Crippen molar-refractivity contribution >= 4 is 11.6 Å². The first kappa shape index (κ1) is 24.6. The molecule has 0 bridgehead atoms. The Labute approximate surface area is 217 Å². The van der Waals surface area contributed by atoms with Gasteiger partial charge in [-0.05, 0) is 73.6 Å². The summed E-state index contributed by atoms with van der Waals surface area (Å²) in [6, 6.07) is 11.7. The molecule has 6 nitrogen and oxygen atoms in total. The van der Waals surface area contributed by atoms with E-state index >= 15 is 0 Å². The van der Waals surface area contributed by atoms with Gasteiger partial charge in [-0.3, -0.25) is 9.80 Å². The van der Waals surface area contributed by atoms with Crippen LogP contribution in [0.2, 0.25) is 0 Å². The number of rotatable bonds is 8. The smallest absolute Gasteiger partial charge is 0.329 e. The van der Waals surface area contributed by atoms with Crippen LogP contribution in [0.3, 0.4) is 0 Å². The number of carbonyl (C=O) groups is 1. The Morgan fingerprint density at radius 1 is 1.22 bits per heavy atom. The number of methoxy groups -OCH3 is 1. The van der Waals surface area contributed by atoms with Gasteiger partial charge in [-0.25, -0.2) is 14.2 Å². The summed E-state index contributed by atoms with van der Waals surface area (Å²) < 4.78 is 21.2. The van der Waals surface area contributed by atoms with Crippen molar-refractivity contribution < 1.29 is 13.9 Å². The van der Waals surface area contributed by atoms with Gasteiger partial charge in [0.15, 0.2) is 0 Å². The minimum absolute atomic E-state index is 0.131. The number of hydrogen-bond acceptors (Lipinski definition) is 3. The molecule has 2 aromatic carbocycles. The summed E-state index contributed by atoms with van der Waals surface area (Å²) in [5, 5.41) is 0. The average molecular weight is 499 g/mol. The summed E-state index contributed by atoms with van der Waals surface area (Å²) in [6.07, 6.45) is 7.81. The highest BCUT2D eigenvalue weighted by Gasteiger charge is 2.37. The number of aromatic nitrogens is 2. The number of urea groups is 1. The van der Waals surface area contributed by atoms with E-state index in [2.05, 4.69) is 18.1 Å². The van der Waals surface area contributed by atoms with Crippen LogP contribution in [0, 0.1) is 18.7 Å². The van der Waals surface area contributed by atoms with Crippen LogP contribution in [0.15, 0.2) is 85.6 Å². The predicted octanol–water partition coefficient (Wildman–Crippen LogP) is 6.65. The van der Waals surface area contributed by atoms with Gasteiger partial charge in [-0.2, -0.15) is 0 Å². The van der Waals surface area contributed by atoms with Crippen molar-refractivity contribution in [2.24, 2.45) is 5.92 Å². The number of aryl methyl sites for hydroxylation is 1. The molecule has 1 saturated carbocycles. The van der Waals surface area contributed by atoms with E-state index in [9.17, 15) is 9.18 Å². The van der Waals surface area contributed by atoms with Crippen LogP contribution in [-0.2, 0) is 0 Å². The fourth-order valence-corrected chi connectivity index (χ4v) is 4.71. The Kier molecular flexibility index (Phi) is 6.46. The molecule has 2 aliphatic rings. The van der Waals surface area contributed by atoms with Crippen LogP contribution < -0.4 is 4.74 Å². The van der Waals surface area contributed by atoms with E-state index in [1.807, 2.05) is 49.0 Å². The zero-order valence-corrected chi connectivity index (χ0v) is 21.4. The van der Waals surface area contributed by atoms with Crippen molar-refractivity contribution in [1.82, 2.24) is 19.4 Å². The first-order valence-corrected chi connectivity index (χ1v) is 12.4. The molecule has 5 rings (SSSR count). The van der Waals surface area contributed by atoms with Crippen molar-refractivity contribution in [3.05, 3.63) is 108 Å². The fraction of sp³-hybridized carbons (Fsp3) is 0.267. The molecule has 1 aromatic heterocycles. The second kappa shape index (κ2) is 9.73. The van der Waals surface area contributed by atoms with Gasteiger partial charge in [0.05, 0.1) is 30.9 Å². The topological polar surface area (TPSA) is 50.6 Å². The highest BCUT2D eigenvalue weighted by atomic mass is 19.1. The Morgan fingerprint density at radius 2 is 1.95 bits per heavy atom. The van der Waals surface area contributed by atoms with Gasteiger partial charge in [0.25, 0.3) is 0 Å². The zero-order valence-electron chi connectivity index (χ0n) is 21.4. The summed E-state index contributed by atoms with van der Waals surface area (Å²) in [4.78, 5) is 21.4. The monoisotopic (exact) mass is 498 g/mol. The molecule has 0 saturated heterocycles. The number of carbonyl (C=O) groups excluding carboxylic acids is 1. The highest BCUT2D eigenvalue weighted by Crippen LogP contribution is 2.40. The molecule has 2 heterocycles. The molecule has 37 heavy (non-hydrogen) atoms. The van der Waals surface area contributed by atoms with Gasteiger partial charge >= 0.3 is 6.03 Å². The van der Waals surface area contributed by atoms with Crippen molar-refractivity contribution in [2.45, 2.75) is 32.7 Å². The molecule has 0 N–H and O–H groups in total. The van der Waals surface area contributed by atoms with Crippen molar-refractivity contribution in [1.29, 1.82) is 0 Å². The van der Waals surface area contributed by atoms with Crippen molar-refractivity contribution in [2.75, 3.05) is 13.7 Å². The Hall–Kier alpha value is -4.13. The van der Waals surface area contributed by atoms with Crippen LogP contribution in [-0.4, -0.2) is 39.0 Å². The van der Waals surface area contributed by atoms with Gasteiger partial charge in [0, 0.05) is 30.2 Å². The number of imidazole rings is 1. The normalized spacial score (nSPS) is 16.6. The lowest BCUT2D eigenvalue weighted by Gasteiger charge is -2.40. The third kappa shape index (κ3) is 4.81. The SMILES string of the molecule is C=C(C1=CN(CC2CC2)C(=O)N(C(C)c2ccc(F)cc2)C1=C)c1ccc(-n2cnc(C)c2)c(OC)c1. The number of allylic oxidation sites excluding steroid dienone is 1. The summed E-state index contributed by atoms with van der Waals surface area (Å²) in [5.74, 6) is 0.870. The lowest BCUT2D eigenvalue weighted by Crippen LogP contribution is -2.45. The first-order chi connectivity index (χ1) is 17.8. The third-order valence-corrected chi connectivity index (χ3v) is 7.07. The van der Waals surface area contributed by atoms with Gasteiger partial charge in [0.2, 0.25) is 0 Å².